The number of aromatic nitrogens is 2. The normalized spacial score (nSPS) is 10.4. The number of aryl methyl sites for hydroxylation is 1. The fourth-order valence-electron chi connectivity index (χ4n) is 1.59. The van der Waals surface area contributed by atoms with Crippen LogP contribution in [0.5, 0.6) is 11.7 Å². The Morgan fingerprint density at radius 3 is 2.76 bits per heavy atom. The van der Waals surface area contributed by atoms with E-state index in [4.69, 9.17) is 4.74 Å². The monoisotopic (exact) mass is 309 g/mol. The maximum absolute atomic E-state index is 11.8. The van der Waals surface area contributed by atoms with Gasteiger partial charge in [-0.05, 0) is 43.0 Å². The molecule has 112 valence electrons. The minimum absolute atomic E-state index is 0.0947. The highest BCUT2D eigenvalue weighted by Crippen LogP contribution is 2.21. The van der Waals surface area contributed by atoms with Gasteiger partial charge in [-0.1, -0.05) is 4.68 Å². The summed E-state index contributed by atoms with van der Waals surface area (Å²) in [4.78, 5) is 11.8. The van der Waals surface area contributed by atoms with E-state index in [1.54, 1.807) is 31.3 Å². The zero-order valence-electron chi connectivity index (χ0n) is 11.7. The lowest BCUT2D eigenvalue weighted by Crippen LogP contribution is -2.32. The highest BCUT2D eigenvalue weighted by molar-refractivity contribution is 7.99. The summed E-state index contributed by atoms with van der Waals surface area (Å²) in [6.45, 7) is 2.50. The van der Waals surface area contributed by atoms with Gasteiger partial charge in [0.2, 0.25) is 5.91 Å². The summed E-state index contributed by atoms with van der Waals surface area (Å²) >= 11 is 1.08. The van der Waals surface area contributed by atoms with Gasteiger partial charge < -0.3 is 19.7 Å². The van der Waals surface area contributed by atoms with Crippen molar-refractivity contribution in [1.82, 2.24) is 5.27 Å². The second kappa shape index (κ2) is 6.98. The molecule has 0 unspecified atom stereocenters. The van der Waals surface area contributed by atoms with Crippen LogP contribution in [0.1, 0.15) is 6.92 Å². The van der Waals surface area contributed by atoms with E-state index in [2.05, 4.69) is 15.1 Å². The summed E-state index contributed by atoms with van der Waals surface area (Å²) in [5, 5.41) is 17.8. The molecule has 0 aliphatic rings. The Morgan fingerprint density at radius 2 is 2.19 bits per heavy atom. The van der Waals surface area contributed by atoms with Crippen LogP contribution in [-0.4, -0.2) is 23.5 Å². The molecule has 0 aliphatic carbocycles. The second-order valence-corrected chi connectivity index (χ2v) is 5.05. The van der Waals surface area contributed by atoms with Crippen molar-refractivity contribution in [2.75, 3.05) is 17.7 Å². The molecule has 8 heteroatoms. The van der Waals surface area contributed by atoms with Crippen molar-refractivity contribution in [2.24, 2.45) is 7.05 Å². The molecule has 0 aliphatic heterocycles. The largest absolute Gasteiger partial charge is 0.538 e. The smallest absolute Gasteiger partial charge is 0.291 e. The molecule has 0 fully saturated rings. The van der Waals surface area contributed by atoms with E-state index < -0.39 is 5.95 Å². The summed E-state index contributed by atoms with van der Waals surface area (Å²) in [6, 6.07) is 7.07. The second-order valence-electron chi connectivity index (χ2n) is 4.08. The SMILES string of the molecule is CCOc1ccc(NC(=O)CSc2c([O-])on[n+]2C)cc1. The van der Waals surface area contributed by atoms with Gasteiger partial charge in [0.25, 0.3) is 5.03 Å². The van der Waals surface area contributed by atoms with E-state index in [0.717, 1.165) is 17.5 Å². The molecule has 1 heterocycles. The van der Waals surface area contributed by atoms with Crippen molar-refractivity contribution in [1.29, 1.82) is 0 Å². The van der Waals surface area contributed by atoms with Gasteiger partial charge in [-0.25, -0.2) is 0 Å². The molecule has 1 aromatic carbocycles. The third kappa shape index (κ3) is 4.12. The zero-order valence-corrected chi connectivity index (χ0v) is 12.5. The van der Waals surface area contributed by atoms with Crippen LogP contribution in [0.3, 0.4) is 0 Å². The van der Waals surface area contributed by atoms with Gasteiger partial charge >= 0.3 is 0 Å². The van der Waals surface area contributed by atoms with Crippen molar-refractivity contribution in [2.45, 2.75) is 11.9 Å². The topological polar surface area (TPSA) is 91.3 Å². The van der Waals surface area contributed by atoms with Crippen LogP contribution in [0.15, 0.2) is 33.8 Å². The number of hydrogen-bond donors (Lipinski definition) is 1. The van der Waals surface area contributed by atoms with E-state index in [9.17, 15) is 9.90 Å². The lowest BCUT2D eigenvalue weighted by Gasteiger charge is -2.06. The number of thioether (sulfide) groups is 1. The average molecular weight is 309 g/mol. The molecular formula is C13H15N3O4S. The molecule has 7 nitrogen and oxygen atoms in total. The molecule has 0 bridgehead atoms. The standard InChI is InChI=1S/C13H15N3O4S/c1-3-19-10-6-4-9(5-7-10)14-11(17)8-21-12-13(18)20-15-16(12)2/h4-7H,3,8H2,1-2H3,(H-,14,15,17,18). The van der Waals surface area contributed by atoms with Crippen LogP contribution in [0.25, 0.3) is 0 Å². The first kappa shape index (κ1) is 15.2. The number of benzene rings is 1. The maximum atomic E-state index is 11.8. The first-order chi connectivity index (χ1) is 10.1. The molecule has 2 aromatic rings. The van der Waals surface area contributed by atoms with E-state index in [1.807, 2.05) is 6.92 Å². The molecule has 0 spiro atoms. The predicted octanol–water partition coefficient (Wildman–Crippen LogP) is 0.702. The van der Waals surface area contributed by atoms with Crippen molar-refractivity contribution < 1.29 is 23.8 Å². The van der Waals surface area contributed by atoms with E-state index >= 15 is 0 Å². The number of rotatable bonds is 6. The number of carbonyl (C=O) groups is 1. The van der Waals surface area contributed by atoms with Crippen LogP contribution < -0.4 is 19.8 Å². The Labute approximate surface area is 125 Å². The Kier molecular flexibility index (Phi) is 5.04. The van der Waals surface area contributed by atoms with E-state index in [1.165, 1.54) is 4.68 Å². The number of amides is 1. The quantitative estimate of drug-likeness (QED) is 0.624. The van der Waals surface area contributed by atoms with Gasteiger partial charge in [0.1, 0.15) is 5.75 Å². The summed E-state index contributed by atoms with van der Waals surface area (Å²) in [7, 11) is 1.58. The van der Waals surface area contributed by atoms with E-state index in [-0.39, 0.29) is 16.7 Å². The molecule has 21 heavy (non-hydrogen) atoms. The molecule has 0 radical (unpaired) electrons. The van der Waals surface area contributed by atoms with Crippen LogP contribution in [0.4, 0.5) is 5.69 Å². The molecule has 1 aromatic heterocycles. The lowest BCUT2D eigenvalue weighted by molar-refractivity contribution is -0.772. The summed E-state index contributed by atoms with van der Waals surface area (Å²) in [6.07, 6.45) is 0. The van der Waals surface area contributed by atoms with Gasteiger partial charge in [-0.2, -0.15) is 0 Å². The third-order valence-electron chi connectivity index (χ3n) is 2.50. The van der Waals surface area contributed by atoms with Crippen LogP contribution in [0, 0.1) is 0 Å². The fourth-order valence-corrected chi connectivity index (χ4v) is 2.31. The van der Waals surface area contributed by atoms with E-state index in [0.29, 0.717) is 12.3 Å². The number of carbonyl (C=O) groups excluding carboxylic acids is 1. The molecule has 2 rings (SSSR count). The number of nitrogens with one attached hydrogen (secondary N) is 1. The van der Waals surface area contributed by atoms with Crippen molar-refractivity contribution in [3.63, 3.8) is 0 Å². The number of hydrogen-bond acceptors (Lipinski definition) is 6. The molecule has 0 saturated carbocycles. The highest BCUT2D eigenvalue weighted by atomic mass is 32.2. The minimum atomic E-state index is -0.545. The molecule has 1 amide bonds. The fraction of sp³-hybridized carbons (Fsp3) is 0.308. The lowest BCUT2D eigenvalue weighted by atomic mass is 10.3. The number of nitrogens with zero attached hydrogens (tertiary/aromatic N) is 2. The van der Waals surface area contributed by atoms with Gasteiger partial charge in [-0.15, -0.1) is 0 Å². The van der Waals surface area contributed by atoms with Gasteiger partial charge in [0.05, 0.1) is 17.6 Å². The van der Waals surface area contributed by atoms with Crippen LogP contribution in [0.2, 0.25) is 0 Å². The van der Waals surface area contributed by atoms with Crippen molar-refractivity contribution in [3.05, 3.63) is 24.3 Å². The first-order valence-corrected chi connectivity index (χ1v) is 7.27. The maximum Gasteiger partial charge on any atom is 0.291 e. The molecule has 1 N–H and O–H groups in total. The number of ether oxygens (including phenoxy) is 1. The van der Waals surface area contributed by atoms with Crippen molar-refractivity contribution >= 4 is 23.4 Å². The zero-order chi connectivity index (χ0) is 15.2. The molecular weight excluding hydrogens is 294 g/mol. The molecule has 0 saturated heterocycles. The Morgan fingerprint density at radius 1 is 1.48 bits per heavy atom. The summed E-state index contributed by atoms with van der Waals surface area (Å²) in [5.74, 6) is 0.0795. The summed E-state index contributed by atoms with van der Waals surface area (Å²) < 4.78 is 11.1. The Balaban J connectivity index is 1.87. The first-order valence-electron chi connectivity index (χ1n) is 6.28. The molecule has 0 atom stereocenters. The minimum Gasteiger partial charge on any atom is -0.538 e. The average Bonchev–Trinajstić information content (AvgIpc) is 2.78. The van der Waals surface area contributed by atoms with Crippen LogP contribution in [-0.2, 0) is 11.8 Å². The summed E-state index contributed by atoms with van der Waals surface area (Å²) in [5.41, 5.74) is 0.668. The number of anilines is 1. The van der Waals surface area contributed by atoms with Gasteiger partial charge in [-0.3, -0.25) is 4.79 Å². The van der Waals surface area contributed by atoms with Gasteiger partial charge in [0, 0.05) is 5.69 Å². The highest BCUT2D eigenvalue weighted by Gasteiger charge is 2.15. The van der Waals surface area contributed by atoms with Crippen LogP contribution >= 0.6 is 11.8 Å². The third-order valence-corrected chi connectivity index (χ3v) is 3.61. The predicted molar refractivity (Wildman–Crippen MR) is 74.1 cm³/mol. The Bertz CT molecular complexity index is 593. The van der Waals surface area contributed by atoms with Gasteiger partial charge in [0.15, 0.2) is 13.0 Å². The Hall–Kier alpha value is -2.22. The van der Waals surface area contributed by atoms with Crippen molar-refractivity contribution in [3.8, 4) is 11.7 Å².